The number of hydrogen-bond acceptors (Lipinski definition) is 3. The molecule has 2 rings (SSSR count). The zero-order valence-electron chi connectivity index (χ0n) is 10.00. The van der Waals surface area contributed by atoms with Crippen LogP contribution in [-0.2, 0) is 9.59 Å². The number of carbonyl (C=O) groups is 2. The highest BCUT2D eigenvalue weighted by Crippen LogP contribution is 2.37. The minimum atomic E-state index is -0.773. The molecule has 2 aliphatic carbocycles. The predicted octanol–water partition coefficient (Wildman–Crippen LogP) is 0.500. The first-order valence-corrected chi connectivity index (χ1v) is 6.36. The second-order valence-corrected chi connectivity index (χ2v) is 5.22. The Kier molecular flexibility index (Phi) is 3.66. The quantitative estimate of drug-likeness (QED) is 0.631. The molecule has 0 saturated heterocycles. The molecule has 0 heterocycles. The minimum Gasteiger partial charge on any atom is -0.481 e. The van der Waals surface area contributed by atoms with Gasteiger partial charge in [0.25, 0.3) is 0 Å². The SMILES string of the molecule is O=C(CNC1CC1)NCC1(C(=O)O)CCCC1. The average Bonchev–Trinajstić information content (AvgIpc) is 3.00. The van der Waals surface area contributed by atoms with Crippen LogP contribution >= 0.6 is 0 Å². The molecule has 2 aliphatic rings. The monoisotopic (exact) mass is 240 g/mol. The van der Waals surface area contributed by atoms with Crippen LogP contribution in [0.25, 0.3) is 0 Å². The maximum Gasteiger partial charge on any atom is 0.311 e. The number of nitrogens with one attached hydrogen (secondary N) is 2. The van der Waals surface area contributed by atoms with Crippen LogP contribution in [-0.4, -0.2) is 36.1 Å². The number of aliphatic carboxylic acids is 1. The summed E-state index contributed by atoms with van der Waals surface area (Å²) in [5.74, 6) is -0.866. The molecular weight excluding hydrogens is 220 g/mol. The third-order valence-corrected chi connectivity index (χ3v) is 3.77. The van der Waals surface area contributed by atoms with Gasteiger partial charge in [-0.25, -0.2) is 0 Å². The van der Waals surface area contributed by atoms with Gasteiger partial charge in [-0.05, 0) is 25.7 Å². The van der Waals surface area contributed by atoms with Gasteiger partial charge in [0.1, 0.15) is 0 Å². The van der Waals surface area contributed by atoms with E-state index in [2.05, 4.69) is 10.6 Å². The summed E-state index contributed by atoms with van der Waals surface area (Å²) in [7, 11) is 0. The molecule has 1 amide bonds. The maximum absolute atomic E-state index is 11.5. The number of hydrogen-bond donors (Lipinski definition) is 3. The Morgan fingerprint density at radius 1 is 1.24 bits per heavy atom. The van der Waals surface area contributed by atoms with E-state index in [-0.39, 0.29) is 12.5 Å². The van der Waals surface area contributed by atoms with E-state index >= 15 is 0 Å². The zero-order valence-corrected chi connectivity index (χ0v) is 10.00. The lowest BCUT2D eigenvalue weighted by atomic mass is 9.86. The summed E-state index contributed by atoms with van der Waals surface area (Å²) in [6.45, 7) is 0.577. The van der Waals surface area contributed by atoms with Crippen molar-refractivity contribution in [2.45, 2.75) is 44.6 Å². The minimum absolute atomic E-state index is 0.0931. The summed E-state index contributed by atoms with van der Waals surface area (Å²) in [5, 5.41) is 15.1. The maximum atomic E-state index is 11.5. The largest absolute Gasteiger partial charge is 0.481 e. The Bertz CT molecular complexity index is 307. The summed E-state index contributed by atoms with van der Waals surface area (Å²) >= 11 is 0. The van der Waals surface area contributed by atoms with E-state index in [4.69, 9.17) is 0 Å². The molecular formula is C12H20N2O3. The fourth-order valence-electron chi connectivity index (χ4n) is 2.37. The molecule has 2 saturated carbocycles. The molecule has 5 nitrogen and oxygen atoms in total. The van der Waals surface area contributed by atoms with E-state index in [1.54, 1.807) is 0 Å². The van der Waals surface area contributed by atoms with Crippen molar-refractivity contribution < 1.29 is 14.7 Å². The van der Waals surface area contributed by atoms with Crippen molar-refractivity contribution in [1.82, 2.24) is 10.6 Å². The number of carboxylic acid groups (broad SMARTS) is 1. The molecule has 0 unspecified atom stereocenters. The van der Waals surface area contributed by atoms with Crippen LogP contribution in [0.3, 0.4) is 0 Å². The molecule has 96 valence electrons. The van der Waals surface area contributed by atoms with Crippen molar-refractivity contribution in [3.05, 3.63) is 0 Å². The first-order valence-electron chi connectivity index (χ1n) is 6.36. The van der Waals surface area contributed by atoms with Crippen LogP contribution in [0.2, 0.25) is 0 Å². The van der Waals surface area contributed by atoms with Gasteiger partial charge in [0.05, 0.1) is 12.0 Å². The molecule has 2 fully saturated rings. The van der Waals surface area contributed by atoms with Crippen molar-refractivity contribution in [2.24, 2.45) is 5.41 Å². The van der Waals surface area contributed by atoms with Crippen molar-refractivity contribution in [1.29, 1.82) is 0 Å². The van der Waals surface area contributed by atoms with Gasteiger partial charge in [-0.15, -0.1) is 0 Å². The van der Waals surface area contributed by atoms with Crippen LogP contribution in [0.4, 0.5) is 0 Å². The Hall–Kier alpha value is -1.10. The Labute approximate surface area is 101 Å². The summed E-state index contributed by atoms with van der Waals surface area (Å²) in [4.78, 5) is 22.8. The molecule has 0 radical (unpaired) electrons. The van der Waals surface area contributed by atoms with Crippen molar-refractivity contribution >= 4 is 11.9 Å². The lowest BCUT2D eigenvalue weighted by Crippen LogP contribution is -2.44. The molecule has 17 heavy (non-hydrogen) atoms. The smallest absolute Gasteiger partial charge is 0.311 e. The third-order valence-electron chi connectivity index (χ3n) is 3.77. The number of amides is 1. The number of carbonyl (C=O) groups excluding carboxylic acids is 1. The van der Waals surface area contributed by atoms with Crippen LogP contribution in [0, 0.1) is 5.41 Å². The van der Waals surface area contributed by atoms with Gasteiger partial charge in [-0.2, -0.15) is 0 Å². The predicted molar refractivity (Wildman–Crippen MR) is 62.6 cm³/mol. The van der Waals surface area contributed by atoms with E-state index in [0.717, 1.165) is 25.7 Å². The molecule has 0 spiro atoms. The van der Waals surface area contributed by atoms with Gasteiger partial charge in [0.15, 0.2) is 0 Å². The summed E-state index contributed by atoms with van der Waals surface area (Å²) in [5.41, 5.74) is -0.713. The van der Waals surface area contributed by atoms with Crippen LogP contribution in [0.15, 0.2) is 0 Å². The molecule has 0 aromatic carbocycles. The highest BCUT2D eigenvalue weighted by Gasteiger charge is 2.41. The van der Waals surface area contributed by atoms with E-state index in [1.165, 1.54) is 0 Å². The van der Waals surface area contributed by atoms with Crippen molar-refractivity contribution in [3.8, 4) is 0 Å². The van der Waals surface area contributed by atoms with Gasteiger partial charge in [-0.3, -0.25) is 9.59 Å². The van der Waals surface area contributed by atoms with Gasteiger partial charge in [-0.1, -0.05) is 12.8 Å². The fraction of sp³-hybridized carbons (Fsp3) is 0.833. The first kappa shape index (κ1) is 12.4. The topological polar surface area (TPSA) is 78.4 Å². The molecule has 0 atom stereocenters. The molecule has 0 bridgehead atoms. The highest BCUT2D eigenvalue weighted by atomic mass is 16.4. The number of rotatable bonds is 6. The molecule has 5 heteroatoms. The van der Waals surface area contributed by atoms with E-state index < -0.39 is 11.4 Å². The number of carboxylic acids is 1. The van der Waals surface area contributed by atoms with E-state index in [1.807, 2.05) is 0 Å². The van der Waals surface area contributed by atoms with E-state index in [9.17, 15) is 14.7 Å². The molecule has 3 N–H and O–H groups in total. The van der Waals surface area contributed by atoms with Gasteiger partial charge >= 0.3 is 5.97 Å². The lowest BCUT2D eigenvalue weighted by molar-refractivity contribution is -0.148. The summed E-state index contributed by atoms with van der Waals surface area (Å²) in [6, 6.07) is 0.501. The second kappa shape index (κ2) is 5.04. The lowest BCUT2D eigenvalue weighted by Gasteiger charge is -2.23. The van der Waals surface area contributed by atoms with E-state index in [0.29, 0.717) is 25.4 Å². The summed E-state index contributed by atoms with van der Waals surface area (Å²) in [6.07, 6.45) is 5.54. The normalized spacial score (nSPS) is 22.4. The first-order chi connectivity index (χ1) is 8.12. The Morgan fingerprint density at radius 2 is 1.88 bits per heavy atom. The molecule has 0 aliphatic heterocycles. The third kappa shape index (κ3) is 3.19. The average molecular weight is 240 g/mol. The fourth-order valence-corrected chi connectivity index (χ4v) is 2.37. The molecule has 0 aromatic heterocycles. The molecule has 0 aromatic rings. The van der Waals surface area contributed by atoms with Gasteiger partial charge in [0, 0.05) is 12.6 Å². The van der Waals surface area contributed by atoms with Crippen molar-refractivity contribution in [3.63, 3.8) is 0 Å². The van der Waals surface area contributed by atoms with Gasteiger partial charge in [0.2, 0.25) is 5.91 Å². The second-order valence-electron chi connectivity index (χ2n) is 5.22. The van der Waals surface area contributed by atoms with Crippen LogP contribution in [0.5, 0.6) is 0 Å². The Balaban J connectivity index is 1.74. The van der Waals surface area contributed by atoms with Gasteiger partial charge < -0.3 is 15.7 Å². The standard InChI is InChI=1S/C12H20N2O3/c15-10(7-13-9-3-4-9)14-8-12(11(16)17)5-1-2-6-12/h9,13H,1-8H2,(H,14,15)(H,16,17). The Morgan fingerprint density at radius 3 is 2.41 bits per heavy atom. The summed E-state index contributed by atoms with van der Waals surface area (Å²) < 4.78 is 0. The zero-order chi connectivity index (χ0) is 12.3. The van der Waals surface area contributed by atoms with Crippen LogP contribution in [0.1, 0.15) is 38.5 Å². The highest BCUT2D eigenvalue weighted by molar-refractivity contribution is 5.80. The van der Waals surface area contributed by atoms with Crippen molar-refractivity contribution in [2.75, 3.05) is 13.1 Å². The van der Waals surface area contributed by atoms with Crippen LogP contribution < -0.4 is 10.6 Å².